The van der Waals surface area contributed by atoms with Crippen molar-refractivity contribution in [3.05, 3.63) is 35.4 Å². The van der Waals surface area contributed by atoms with Gasteiger partial charge < -0.3 is 29.7 Å². The Morgan fingerprint density at radius 3 is 2.15 bits per heavy atom. The number of piperidine rings is 1. The summed E-state index contributed by atoms with van der Waals surface area (Å²) in [6.45, 7) is 3.54. The number of carbonyl (C=O) groups is 4. The van der Waals surface area contributed by atoms with E-state index in [0.29, 0.717) is 13.1 Å². The van der Waals surface area contributed by atoms with Gasteiger partial charge in [-0.25, -0.2) is 4.79 Å². The van der Waals surface area contributed by atoms with E-state index in [1.165, 1.54) is 29.2 Å². The van der Waals surface area contributed by atoms with E-state index in [1.54, 1.807) is 13.8 Å². The number of likely N-dealkylation sites (tertiary alicyclic amines) is 1. The zero-order valence-electron chi connectivity index (χ0n) is 18.7. The lowest BCUT2D eigenvalue weighted by molar-refractivity contribution is -0.135. The Labute approximate surface area is 192 Å². The Kier molecular flexibility index (Phi) is 10.0. The van der Waals surface area contributed by atoms with Crippen molar-refractivity contribution in [3.63, 3.8) is 0 Å². The summed E-state index contributed by atoms with van der Waals surface area (Å²) < 4.78 is 24.0. The van der Waals surface area contributed by atoms with Crippen LogP contribution in [-0.2, 0) is 23.2 Å². The third kappa shape index (κ3) is 7.12. The molecule has 11 nitrogen and oxygen atoms in total. The van der Waals surface area contributed by atoms with Crippen LogP contribution in [0.1, 0.15) is 53.8 Å². The van der Waals surface area contributed by atoms with Crippen LogP contribution in [0, 0.1) is 0 Å². The standard InChI is InChI=1S/C21H30N3O8P/c1-3-31-33(30,32-4-2)19(20(27)24-12-8-5-9-13-24)23-17(25)14-22-18(26)15-10-6-7-11-16(15)21(28)29/h6-7,10-11,19H,3-5,8-9,12-14H2,1-2H3,(H,22,26)(H,23,25)(H,28,29). The lowest BCUT2D eigenvalue weighted by Gasteiger charge is -2.33. The summed E-state index contributed by atoms with van der Waals surface area (Å²) in [6, 6.07) is 5.56. The molecule has 12 heteroatoms. The summed E-state index contributed by atoms with van der Waals surface area (Å²) in [7, 11) is -4.05. The van der Waals surface area contributed by atoms with Crippen molar-refractivity contribution in [2.75, 3.05) is 32.8 Å². The van der Waals surface area contributed by atoms with Gasteiger partial charge >= 0.3 is 13.6 Å². The highest BCUT2D eigenvalue weighted by Crippen LogP contribution is 2.52. The minimum atomic E-state index is -4.05. The van der Waals surface area contributed by atoms with E-state index in [-0.39, 0.29) is 24.3 Å². The average Bonchev–Trinajstić information content (AvgIpc) is 2.81. The van der Waals surface area contributed by atoms with Crippen molar-refractivity contribution in [1.82, 2.24) is 15.5 Å². The molecule has 1 aromatic carbocycles. The zero-order chi connectivity index (χ0) is 24.4. The van der Waals surface area contributed by atoms with E-state index < -0.39 is 43.6 Å². The Hall–Kier alpha value is -2.75. The van der Waals surface area contributed by atoms with Crippen LogP contribution in [-0.4, -0.2) is 72.3 Å². The summed E-state index contributed by atoms with van der Waals surface area (Å²) in [5.74, 6) is -5.00. The molecular formula is C21H30N3O8P. The molecule has 0 bridgehead atoms. The SMILES string of the molecule is CCOP(=O)(OCC)C(NC(=O)CNC(=O)c1ccccc1C(=O)O)C(=O)N1CCCCC1. The maximum atomic E-state index is 13.4. The number of nitrogens with zero attached hydrogens (tertiary/aromatic N) is 1. The molecule has 1 heterocycles. The van der Waals surface area contributed by atoms with Crippen LogP contribution >= 0.6 is 7.60 Å². The topological polar surface area (TPSA) is 151 Å². The minimum Gasteiger partial charge on any atom is -0.478 e. The lowest BCUT2D eigenvalue weighted by atomic mass is 10.1. The van der Waals surface area contributed by atoms with Gasteiger partial charge in [0.2, 0.25) is 11.7 Å². The van der Waals surface area contributed by atoms with Gasteiger partial charge in [-0.05, 0) is 45.2 Å². The number of nitrogens with one attached hydrogen (secondary N) is 2. The van der Waals surface area contributed by atoms with Crippen LogP contribution in [0.15, 0.2) is 24.3 Å². The first-order chi connectivity index (χ1) is 15.7. The van der Waals surface area contributed by atoms with Gasteiger partial charge in [0, 0.05) is 13.1 Å². The summed E-state index contributed by atoms with van der Waals surface area (Å²) >= 11 is 0. The average molecular weight is 483 g/mol. The van der Waals surface area contributed by atoms with E-state index in [0.717, 1.165) is 19.3 Å². The predicted octanol–water partition coefficient (Wildman–Crippen LogP) is 1.84. The second kappa shape index (κ2) is 12.5. The molecule has 1 fully saturated rings. The fraction of sp³-hybridized carbons (Fsp3) is 0.524. The zero-order valence-corrected chi connectivity index (χ0v) is 19.6. The second-order valence-corrected chi connectivity index (χ2v) is 9.38. The van der Waals surface area contributed by atoms with Crippen LogP contribution in [0.5, 0.6) is 0 Å². The first-order valence-corrected chi connectivity index (χ1v) is 12.4. The van der Waals surface area contributed by atoms with Gasteiger partial charge in [0.1, 0.15) is 0 Å². The van der Waals surface area contributed by atoms with Crippen LogP contribution in [0.2, 0.25) is 0 Å². The number of amides is 3. The Bertz CT molecular complexity index is 907. The molecular weight excluding hydrogens is 453 g/mol. The van der Waals surface area contributed by atoms with Gasteiger partial charge in [0.05, 0.1) is 30.9 Å². The van der Waals surface area contributed by atoms with Crippen LogP contribution in [0.3, 0.4) is 0 Å². The number of aromatic carboxylic acids is 1. The Morgan fingerprint density at radius 2 is 1.61 bits per heavy atom. The van der Waals surface area contributed by atoms with E-state index in [2.05, 4.69) is 10.6 Å². The predicted molar refractivity (Wildman–Crippen MR) is 119 cm³/mol. The van der Waals surface area contributed by atoms with Crippen molar-refractivity contribution in [1.29, 1.82) is 0 Å². The molecule has 0 aromatic heterocycles. The molecule has 0 radical (unpaired) electrons. The van der Waals surface area contributed by atoms with Gasteiger partial charge in [-0.1, -0.05) is 12.1 Å². The summed E-state index contributed by atoms with van der Waals surface area (Å²) in [5, 5.41) is 13.9. The third-order valence-electron chi connectivity index (χ3n) is 4.95. The van der Waals surface area contributed by atoms with Gasteiger partial charge in [-0.15, -0.1) is 0 Å². The highest BCUT2D eigenvalue weighted by Gasteiger charge is 2.44. The number of carboxylic acids is 1. The molecule has 182 valence electrons. The molecule has 2 rings (SSSR count). The molecule has 1 aliphatic rings. The Morgan fingerprint density at radius 1 is 1.03 bits per heavy atom. The third-order valence-corrected chi connectivity index (χ3v) is 7.16. The maximum absolute atomic E-state index is 13.4. The molecule has 1 aromatic rings. The molecule has 0 aliphatic carbocycles. The molecule has 3 amide bonds. The smallest absolute Gasteiger partial charge is 0.362 e. The summed E-state index contributed by atoms with van der Waals surface area (Å²) in [4.78, 5) is 51.0. The number of rotatable bonds is 11. The van der Waals surface area contributed by atoms with E-state index in [1.807, 2.05) is 0 Å². The van der Waals surface area contributed by atoms with E-state index in [4.69, 9.17) is 9.05 Å². The lowest BCUT2D eigenvalue weighted by Crippen LogP contribution is -2.52. The number of hydrogen-bond acceptors (Lipinski definition) is 7. The van der Waals surface area contributed by atoms with E-state index in [9.17, 15) is 28.8 Å². The van der Waals surface area contributed by atoms with Gasteiger partial charge in [-0.2, -0.15) is 0 Å². The molecule has 33 heavy (non-hydrogen) atoms. The van der Waals surface area contributed by atoms with Crippen molar-refractivity contribution in [3.8, 4) is 0 Å². The number of benzene rings is 1. The molecule has 0 saturated carbocycles. The van der Waals surface area contributed by atoms with Crippen molar-refractivity contribution in [2.24, 2.45) is 0 Å². The van der Waals surface area contributed by atoms with Gasteiger partial charge in [-0.3, -0.25) is 18.9 Å². The summed E-state index contributed by atoms with van der Waals surface area (Å²) in [6.07, 6.45) is 2.55. The normalized spacial score (nSPS) is 14.9. The van der Waals surface area contributed by atoms with Crippen molar-refractivity contribution >= 4 is 31.3 Å². The van der Waals surface area contributed by atoms with Crippen molar-refractivity contribution in [2.45, 2.75) is 38.9 Å². The van der Waals surface area contributed by atoms with Crippen LogP contribution in [0.4, 0.5) is 0 Å². The van der Waals surface area contributed by atoms with E-state index >= 15 is 0 Å². The van der Waals surface area contributed by atoms with Crippen LogP contribution < -0.4 is 10.6 Å². The minimum absolute atomic E-state index is 0.000361. The Balaban J connectivity index is 2.15. The number of hydrogen-bond donors (Lipinski definition) is 3. The first kappa shape index (κ1) is 26.5. The first-order valence-electron chi connectivity index (χ1n) is 10.8. The van der Waals surface area contributed by atoms with Crippen molar-refractivity contribution < 1.29 is 37.9 Å². The highest BCUT2D eigenvalue weighted by molar-refractivity contribution is 7.55. The molecule has 1 atom stereocenters. The van der Waals surface area contributed by atoms with Gasteiger partial charge in [0.25, 0.3) is 11.8 Å². The molecule has 1 aliphatic heterocycles. The molecule has 0 spiro atoms. The quantitative estimate of drug-likeness (QED) is 0.403. The molecule has 3 N–H and O–H groups in total. The highest BCUT2D eigenvalue weighted by atomic mass is 31.2. The fourth-order valence-electron chi connectivity index (χ4n) is 3.44. The second-order valence-electron chi connectivity index (χ2n) is 7.26. The number of carbonyl (C=O) groups excluding carboxylic acids is 3. The monoisotopic (exact) mass is 483 g/mol. The maximum Gasteiger partial charge on any atom is 0.362 e. The van der Waals surface area contributed by atoms with Gasteiger partial charge in [0.15, 0.2) is 0 Å². The largest absolute Gasteiger partial charge is 0.478 e. The fourth-order valence-corrected chi connectivity index (χ4v) is 5.26. The molecule has 1 saturated heterocycles. The number of carboxylic acid groups (broad SMARTS) is 1. The summed E-state index contributed by atoms with van der Waals surface area (Å²) in [5.41, 5.74) is -0.334. The molecule has 1 unspecified atom stereocenters. The van der Waals surface area contributed by atoms with Crippen LogP contribution in [0.25, 0.3) is 0 Å².